The fourth-order valence-electron chi connectivity index (χ4n) is 2.32. The van der Waals surface area contributed by atoms with Gasteiger partial charge in [-0.2, -0.15) is 0 Å². The molecule has 0 aromatic carbocycles. The van der Waals surface area contributed by atoms with Crippen LogP contribution in [0.1, 0.15) is 33.7 Å². The maximum absolute atomic E-state index is 5.05. The van der Waals surface area contributed by atoms with Crippen LogP contribution in [0.3, 0.4) is 0 Å². The molecule has 26 heavy (non-hydrogen) atoms. The summed E-state index contributed by atoms with van der Waals surface area (Å²) in [6.07, 6.45) is 6.58. The average Bonchev–Trinajstić information content (AvgIpc) is 3.22. The van der Waals surface area contributed by atoms with Crippen LogP contribution in [0.15, 0.2) is 30.3 Å². The molecular formula is C16H20N8S2. The summed E-state index contributed by atoms with van der Waals surface area (Å²) >= 11 is 6.76. The van der Waals surface area contributed by atoms with E-state index in [1.807, 2.05) is 4.57 Å². The zero-order valence-corrected chi connectivity index (χ0v) is 16.6. The molecule has 136 valence electrons. The first-order valence-electron chi connectivity index (χ1n) is 8.18. The van der Waals surface area contributed by atoms with Crippen molar-refractivity contribution < 1.29 is 0 Å². The lowest BCUT2D eigenvalue weighted by Gasteiger charge is -2.06. The Balaban J connectivity index is 0.000000151. The normalized spacial score (nSPS) is 11.3. The third kappa shape index (κ3) is 3.91. The monoisotopic (exact) mass is 388 g/mol. The summed E-state index contributed by atoms with van der Waals surface area (Å²) < 4.78 is 2.58. The van der Waals surface area contributed by atoms with Gasteiger partial charge in [-0.05, 0) is 13.8 Å². The van der Waals surface area contributed by atoms with Crippen LogP contribution in [-0.4, -0.2) is 44.7 Å². The Morgan fingerprint density at radius 1 is 1.00 bits per heavy atom. The van der Waals surface area contributed by atoms with E-state index in [9.17, 15) is 0 Å². The van der Waals surface area contributed by atoms with Gasteiger partial charge in [0, 0.05) is 11.3 Å². The van der Waals surface area contributed by atoms with Gasteiger partial charge in [-0.15, -0.1) is 11.8 Å². The van der Waals surface area contributed by atoms with E-state index in [-0.39, 0.29) is 0 Å². The Morgan fingerprint density at radius 2 is 1.77 bits per heavy atom. The lowest BCUT2D eigenvalue weighted by molar-refractivity contribution is 0.612. The smallest absolute Gasteiger partial charge is 0.181 e. The van der Waals surface area contributed by atoms with Crippen molar-refractivity contribution in [1.29, 1.82) is 0 Å². The van der Waals surface area contributed by atoms with Crippen LogP contribution in [0.25, 0.3) is 22.3 Å². The predicted octanol–water partition coefficient (Wildman–Crippen LogP) is 3.92. The van der Waals surface area contributed by atoms with Gasteiger partial charge in [0.2, 0.25) is 0 Å². The summed E-state index contributed by atoms with van der Waals surface area (Å²) in [5.41, 5.74) is 3.38. The van der Waals surface area contributed by atoms with E-state index in [0.717, 1.165) is 27.4 Å². The summed E-state index contributed by atoms with van der Waals surface area (Å²) in [4.78, 5) is 26.6. The van der Waals surface area contributed by atoms with Crippen molar-refractivity contribution in [2.75, 3.05) is 0 Å². The number of aromatic amines is 2. The van der Waals surface area contributed by atoms with Crippen LogP contribution in [0.4, 0.5) is 0 Å². The highest BCUT2D eigenvalue weighted by molar-refractivity contribution is 8.00. The number of rotatable bonds is 3. The SMILES string of the molecule is CC(C)Sc1ncnc2nc[nH]c12.CC(C)n1cnc2c(=S)nc[nH]c21. The summed E-state index contributed by atoms with van der Waals surface area (Å²) in [5.74, 6) is 0. The third-order valence-corrected chi connectivity index (χ3v) is 4.77. The van der Waals surface area contributed by atoms with Crippen molar-refractivity contribution in [3.05, 3.63) is 29.9 Å². The third-order valence-electron chi connectivity index (χ3n) is 3.47. The molecule has 0 saturated heterocycles. The number of aromatic nitrogens is 8. The van der Waals surface area contributed by atoms with Crippen molar-refractivity contribution in [2.24, 2.45) is 0 Å². The number of hydrogen-bond donors (Lipinski definition) is 2. The molecule has 8 nitrogen and oxygen atoms in total. The van der Waals surface area contributed by atoms with E-state index < -0.39 is 0 Å². The van der Waals surface area contributed by atoms with Gasteiger partial charge in [0.25, 0.3) is 0 Å². The zero-order valence-electron chi connectivity index (χ0n) is 15.0. The van der Waals surface area contributed by atoms with Crippen LogP contribution in [-0.2, 0) is 0 Å². The van der Waals surface area contributed by atoms with Crippen LogP contribution < -0.4 is 0 Å². The number of nitrogens with one attached hydrogen (secondary N) is 2. The van der Waals surface area contributed by atoms with Crippen molar-refractivity contribution in [3.8, 4) is 0 Å². The summed E-state index contributed by atoms with van der Waals surface area (Å²) in [6, 6.07) is 0.373. The minimum atomic E-state index is 0.373. The fraction of sp³-hybridized carbons (Fsp3) is 0.375. The molecule has 0 aliphatic carbocycles. The molecule has 10 heteroatoms. The lowest BCUT2D eigenvalue weighted by atomic mass is 10.4. The van der Waals surface area contributed by atoms with Crippen LogP contribution in [0.5, 0.6) is 0 Å². The molecule has 4 heterocycles. The number of nitrogens with zero attached hydrogens (tertiary/aromatic N) is 6. The molecule has 0 fully saturated rings. The lowest BCUT2D eigenvalue weighted by Crippen LogP contribution is -1.99. The molecule has 0 atom stereocenters. The highest BCUT2D eigenvalue weighted by Gasteiger charge is 2.07. The summed E-state index contributed by atoms with van der Waals surface area (Å²) in [5, 5.41) is 1.49. The zero-order chi connectivity index (χ0) is 18.7. The standard InChI is InChI=1S/2C8H10N4S/c1-5(2)12-4-11-6-7(12)9-3-10-8(6)13;1-5(2)13-8-6-7(10-3-9-6)11-4-12-8/h3-5H,1-2H3,(H,9,10,13);3-5H,1-2H3,(H,9,10,11,12). The Morgan fingerprint density at radius 3 is 2.50 bits per heavy atom. The molecule has 0 amide bonds. The van der Waals surface area contributed by atoms with E-state index in [0.29, 0.717) is 15.9 Å². The van der Waals surface area contributed by atoms with Crippen LogP contribution in [0.2, 0.25) is 0 Å². The van der Waals surface area contributed by atoms with Gasteiger partial charge in [0.05, 0.1) is 19.0 Å². The van der Waals surface area contributed by atoms with Gasteiger partial charge in [0.1, 0.15) is 28.0 Å². The second-order valence-corrected chi connectivity index (χ2v) is 8.05. The number of thioether (sulfide) groups is 1. The maximum Gasteiger partial charge on any atom is 0.181 e. The molecule has 0 radical (unpaired) electrons. The van der Waals surface area contributed by atoms with Crippen molar-refractivity contribution in [1.82, 2.24) is 39.5 Å². The molecule has 0 aliphatic rings. The molecule has 2 N–H and O–H groups in total. The Labute approximate surface area is 159 Å². The molecule has 4 rings (SSSR count). The predicted molar refractivity (Wildman–Crippen MR) is 106 cm³/mol. The molecule has 4 aromatic rings. The van der Waals surface area contributed by atoms with Gasteiger partial charge < -0.3 is 14.5 Å². The molecular weight excluding hydrogens is 368 g/mol. The molecule has 0 bridgehead atoms. The van der Waals surface area contributed by atoms with Crippen LogP contribution in [0, 0.1) is 4.64 Å². The quantitative estimate of drug-likeness (QED) is 0.311. The minimum absolute atomic E-state index is 0.373. The fourth-order valence-corrected chi connectivity index (χ4v) is 3.35. The Hall–Kier alpha value is -2.33. The van der Waals surface area contributed by atoms with E-state index in [1.54, 1.807) is 37.1 Å². The van der Waals surface area contributed by atoms with Crippen molar-refractivity contribution in [3.63, 3.8) is 0 Å². The van der Waals surface area contributed by atoms with E-state index in [1.165, 1.54) is 0 Å². The van der Waals surface area contributed by atoms with E-state index in [2.05, 4.69) is 62.6 Å². The van der Waals surface area contributed by atoms with Gasteiger partial charge in [-0.3, -0.25) is 0 Å². The maximum atomic E-state index is 5.05. The largest absolute Gasteiger partial charge is 0.341 e. The first-order chi connectivity index (χ1) is 12.5. The molecule has 0 saturated carbocycles. The van der Waals surface area contributed by atoms with Crippen LogP contribution >= 0.6 is 24.0 Å². The van der Waals surface area contributed by atoms with Gasteiger partial charge in [-0.25, -0.2) is 24.9 Å². The molecule has 0 aliphatic heterocycles. The summed E-state index contributed by atoms with van der Waals surface area (Å²) in [7, 11) is 0. The van der Waals surface area contributed by atoms with E-state index >= 15 is 0 Å². The first-order valence-corrected chi connectivity index (χ1v) is 9.47. The second kappa shape index (κ2) is 7.92. The number of fused-ring (bicyclic) bond motifs is 2. The highest BCUT2D eigenvalue weighted by Crippen LogP contribution is 2.25. The van der Waals surface area contributed by atoms with Crippen molar-refractivity contribution in [2.45, 2.75) is 44.0 Å². The van der Waals surface area contributed by atoms with E-state index in [4.69, 9.17) is 12.2 Å². The highest BCUT2D eigenvalue weighted by atomic mass is 32.2. The topological polar surface area (TPSA) is 101 Å². The van der Waals surface area contributed by atoms with Gasteiger partial charge >= 0.3 is 0 Å². The molecule has 4 aromatic heterocycles. The van der Waals surface area contributed by atoms with Crippen molar-refractivity contribution >= 4 is 46.3 Å². The molecule has 0 unspecified atom stereocenters. The van der Waals surface area contributed by atoms with Gasteiger partial charge in [-0.1, -0.05) is 26.1 Å². The summed E-state index contributed by atoms with van der Waals surface area (Å²) in [6.45, 7) is 8.46. The number of hydrogen-bond acceptors (Lipinski definition) is 7. The number of imidazole rings is 2. The second-order valence-electron chi connectivity index (χ2n) is 6.10. The van der Waals surface area contributed by atoms with Gasteiger partial charge in [0.15, 0.2) is 10.3 Å². The Bertz CT molecular complexity index is 1060. The number of H-pyrrole nitrogens is 2. The minimum Gasteiger partial charge on any atom is -0.341 e. The first kappa shape index (κ1) is 18.5. The average molecular weight is 389 g/mol. The Kier molecular flexibility index (Phi) is 5.62. The molecule has 0 spiro atoms.